The third kappa shape index (κ3) is 6.61. The van der Waals surface area contributed by atoms with Crippen molar-refractivity contribution in [3.05, 3.63) is 40.9 Å². The molecule has 0 unspecified atom stereocenters. The second kappa shape index (κ2) is 11.4. The minimum atomic E-state index is -0.277. The maximum absolute atomic E-state index is 12.3. The molecule has 1 heterocycles. The van der Waals surface area contributed by atoms with Crippen LogP contribution >= 0.6 is 11.3 Å². The molecule has 0 saturated heterocycles. The number of hydrogen-bond acceptors (Lipinski definition) is 6. The average molecular weight is 405 g/mol. The second-order valence-corrected chi connectivity index (χ2v) is 7.07. The van der Waals surface area contributed by atoms with Crippen LogP contribution in [0.4, 0.5) is 5.13 Å². The van der Waals surface area contributed by atoms with E-state index in [0.717, 1.165) is 32.5 Å². The molecule has 1 aromatic carbocycles. The summed E-state index contributed by atoms with van der Waals surface area (Å²) in [6.07, 6.45) is 1.97. The molecule has 0 atom stereocenters. The lowest BCUT2D eigenvalue weighted by molar-refractivity contribution is 0.0946. The standard InChI is InChI=1S/C20H28N4O3S/c1-4-24(5-2)13-7-6-12-21-19(26)17-14-28-20(22-17)23-18(25)15-8-10-16(27-3)11-9-15/h8-11,14H,4-7,12-13H2,1-3H3,(H,21,26)(H,22,23,25). The van der Waals surface area contributed by atoms with Gasteiger partial charge in [-0.1, -0.05) is 13.8 Å². The minimum Gasteiger partial charge on any atom is -0.497 e. The van der Waals surface area contributed by atoms with Gasteiger partial charge in [0, 0.05) is 17.5 Å². The van der Waals surface area contributed by atoms with Gasteiger partial charge >= 0.3 is 0 Å². The molecule has 152 valence electrons. The summed E-state index contributed by atoms with van der Waals surface area (Å²) >= 11 is 1.23. The lowest BCUT2D eigenvalue weighted by Gasteiger charge is -2.17. The van der Waals surface area contributed by atoms with Crippen LogP contribution in [0.2, 0.25) is 0 Å². The number of thiazole rings is 1. The van der Waals surface area contributed by atoms with Crippen molar-refractivity contribution in [1.82, 2.24) is 15.2 Å². The van der Waals surface area contributed by atoms with Crippen LogP contribution in [0, 0.1) is 0 Å². The molecule has 2 amide bonds. The van der Waals surface area contributed by atoms with Crippen molar-refractivity contribution in [3.63, 3.8) is 0 Å². The molecule has 0 bridgehead atoms. The predicted molar refractivity (Wildman–Crippen MR) is 112 cm³/mol. The molecule has 28 heavy (non-hydrogen) atoms. The first-order chi connectivity index (χ1) is 13.6. The van der Waals surface area contributed by atoms with E-state index in [2.05, 4.69) is 34.4 Å². The summed E-state index contributed by atoms with van der Waals surface area (Å²) in [5, 5.41) is 7.64. The summed E-state index contributed by atoms with van der Waals surface area (Å²) in [6, 6.07) is 6.78. The van der Waals surface area contributed by atoms with Crippen molar-refractivity contribution in [2.75, 3.05) is 38.6 Å². The number of carbonyl (C=O) groups is 2. The third-order valence-corrected chi connectivity index (χ3v) is 5.15. The lowest BCUT2D eigenvalue weighted by Crippen LogP contribution is -2.27. The second-order valence-electron chi connectivity index (χ2n) is 6.21. The Hall–Kier alpha value is -2.45. The number of benzene rings is 1. The molecule has 0 fully saturated rings. The minimum absolute atomic E-state index is 0.218. The van der Waals surface area contributed by atoms with Crippen molar-refractivity contribution in [1.29, 1.82) is 0 Å². The molecule has 0 aliphatic rings. The molecule has 7 nitrogen and oxygen atoms in total. The number of rotatable bonds is 11. The van der Waals surface area contributed by atoms with Crippen LogP contribution in [0.1, 0.15) is 47.5 Å². The molecule has 2 aromatic rings. The number of anilines is 1. The van der Waals surface area contributed by atoms with E-state index in [1.54, 1.807) is 36.8 Å². The quantitative estimate of drug-likeness (QED) is 0.562. The molecule has 0 spiro atoms. The highest BCUT2D eigenvalue weighted by atomic mass is 32.1. The number of hydrogen-bond donors (Lipinski definition) is 2. The van der Waals surface area contributed by atoms with Crippen molar-refractivity contribution in [2.24, 2.45) is 0 Å². The number of ether oxygens (including phenoxy) is 1. The Morgan fingerprint density at radius 3 is 2.46 bits per heavy atom. The van der Waals surface area contributed by atoms with Crippen LogP contribution in [-0.2, 0) is 0 Å². The number of unbranched alkanes of at least 4 members (excludes halogenated alkanes) is 1. The highest BCUT2D eigenvalue weighted by molar-refractivity contribution is 7.14. The maximum atomic E-state index is 12.3. The van der Waals surface area contributed by atoms with Gasteiger partial charge in [-0.15, -0.1) is 11.3 Å². The first-order valence-corrected chi connectivity index (χ1v) is 10.4. The van der Waals surface area contributed by atoms with E-state index in [0.29, 0.717) is 28.7 Å². The molecular formula is C20H28N4O3S. The zero-order chi connectivity index (χ0) is 20.4. The average Bonchev–Trinajstić information content (AvgIpc) is 3.19. The van der Waals surface area contributed by atoms with Crippen LogP contribution in [-0.4, -0.2) is 55.0 Å². The van der Waals surface area contributed by atoms with Crippen LogP contribution in [0.15, 0.2) is 29.6 Å². The zero-order valence-electron chi connectivity index (χ0n) is 16.7. The van der Waals surface area contributed by atoms with Gasteiger partial charge in [0.15, 0.2) is 5.13 Å². The van der Waals surface area contributed by atoms with Gasteiger partial charge in [0.25, 0.3) is 11.8 Å². The molecule has 1 aromatic heterocycles. The van der Waals surface area contributed by atoms with E-state index in [1.807, 2.05) is 0 Å². The third-order valence-electron chi connectivity index (χ3n) is 4.39. The summed E-state index contributed by atoms with van der Waals surface area (Å²) in [5.74, 6) is 0.186. The highest BCUT2D eigenvalue weighted by Crippen LogP contribution is 2.18. The first kappa shape index (κ1) is 21.8. The Balaban J connectivity index is 1.77. The van der Waals surface area contributed by atoms with Crippen molar-refractivity contribution >= 4 is 28.3 Å². The smallest absolute Gasteiger partial charge is 0.270 e. The van der Waals surface area contributed by atoms with E-state index < -0.39 is 0 Å². The predicted octanol–water partition coefficient (Wildman–Crippen LogP) is 3.26. The molecular weight excluding hydrogens is 376 g/mol. The van der Waals surface area contributed by atoms with Crippen LogP contribution < -0.4 is 15.4 Å². The highest BCUT2D eigenvalue weighted by Gasteiger charge is 2.13. The number of carbonyl (C=O) groups excluding carboxylic acids is 2. The van der Waals surface area contributed by atoms with Gasteiger partial charge in [-0.25, -0.2) is 4.98 Å². The number of methoxy groups -OCH3 is 1. The molecule has 2 rings (SSSR count). The van der Waals surface area contributed by atoms with Gasteiger partial charge in [-0.05, 0) is 56.7 Å². The topological polar surface area (TPSA) is 83.6 Å². The first-order valence-electron chi connectivity index (χ1n) is 9.48. The molecule has 0 radical (unpaired) electrons. The van der Waals surface area contributed by atoms with Gasteiger partial charge in [0.05, 0.1) is 7.11 Å². The fraction of sp³-hybridized carbons (Fsp3) is 0.450. The fourth-order valence-corrected chi connectivity index (χ4v) is 3.33. The summed E-state index contributed by atoms with van der Waals surface area (Å²) in [4.78, 5) is 31.0. The maximum Gasteiger partial charge on any atom is 0.270 e. The van der Waals surface area contributed by atoms with Crippen LogP contribution in [0.3, 0.4) is 0 Å². The lowest BCUT2D eigenvalue weighted by atomic mass is 10.2. The van der Waals surface area contributed by atoms with E-state index in [9.17, 15) is 9.59 Å². The number of amides is 2. The SMILES string of the molecule is CCN(CC)CCCCNC(=O)c1csc(NC(=O)c2ccc(OC)cc2)n1. The van der Waals surface area contributed by atoms with Gasteiger partial charge in [-0.2, -0.15) is 0 Å². The van der Waals surface area contributed by atoms with Gasteiger partial charge < -0.3 is 15.0 Å². The molecule has 0 saturated carbocycles. The summed E-state index contributed by atoms with van der Waals surface area (Å²) < 4.78 is 5.08. The Labute approximate surface area is 170 Å². The van der Waals surface area contributed by atoms with Gasteiger partial charge in [0.1, 0.15) is 11.4 Å². The van der Waals surface area contributed by atoms with E-state index >= 15 is 0 Å². The van der Waals surface area contributed by atoms with Crippen LogP contribution in [0.25, 0.3) is 0 Å². The van der Waals surface area contributed by atoms with Gasteiger partial charge in [0.2, 0.25) is 0 Å². The van der Waals surface area contributed by atoms with E-state index in [-0.39, 0.29) is 11.8 Å². The molecule has 2 N–H and O–H groups in total. The van der Waals surface area contributed by atoms with Crippen molar-refractivity contribution in [3.8, 4) is 5.75 Å². The monoisotopic (exact) mass is 404 g/mol. The van der Waals surface area contributed by atoms with Crippen molar-refractivity contribution < 1.29 is 14.3 Å². The summed E-state index contributed by atoms with van der Waals surface area (Å²) in [7, 11) is 1.57. The largest absolute Gasteiger partial charge is 0.497 e. The number of aromatic nitrogens is 1. The Bertz CT molecular complexity index is 757. The van der Waals surface area contributed by atoms with E-state index in [4.69, 9.17) is 4.74 Å². The molecule has 0 aliphatic heterocycles. The van der Waals surface area contributed by atoms with E-state index in [1.165, 1.54) is 11.3 Å². The zero-order valence-corrected chi connectivity index (χ0v) is 17.5. The molecule has 0 aliphatic carbocycles. The summed E-state index contributed by atoms with van der Waals surface area (Å²) in [6.45, 7) is 8.06. The van der Waals surface area contributed by atoms with Gasteiger partial charge in [-0.3, -0.25) is 14.9 Å². The summed E-state index contributed by atoms with van der Waals surface area (Å²) in [5.41, 5.74) is 0.814. The van der Waals surface area contributed by atoms with Crippen LogP contribution in [0.5, 0.6) is 5.75 Å². The number of nitrogens with one attached hydrogen (secondary N) is 2. The Kier molecular flexibility index (Phi) is 8.90. The Morgan fingerprint density at radius 2 is 1.82 bits per heavy atom. The molecule has 8 heteroatoms. The Morgan fingerprint density at radius 1 is 1.11 bits per heavy atom. The van der Waals surface area contributed by atoms with Crippen molar-refractivity contribution in [2.45, 2.75) is 26.7 Å². The fourth-order valence-electron chi connectivity index (χ4n) is 2.64. The number of nitrogens with zero attached hydrogens (tertiary/aromatic N) is 2. The normalized spacial score (nSPS) is 10.7.